The predicted octanol–water partition coefficient (Wildman–Crippen LogP) is 2.03. The topological polar surface area (TPSA) is 106 Å². The first-order chi connectivity index (χ1) is 13.5. The van der Waals surface area contributed by atoms with E-state index in [0.717, 1.165) is 4.57 Å². The zero-order valence-corrected chi connectivity index (χ0v) is 16.3. The highest BCUT2D eigenvalue weighted by molar-refractivity contribution is 7.98. The zero-order valence-electron chi connectivity index (χ0n) is 15.5. The predicted molar refractivity (Wildman–Crippen MR) is 110 cm³/mol. The molecule has 0 radical (unpaired) electrons. The van der Waals surface area contributed by atoms with Crippen molar-refractivity contribution >= 4 is 34.3 Å². The summed E-state index contributed by atoms with van der Waals surface area (Å²) in [7, 11) is 1.50. The Balaban J connectivity index is 1.99. The van der Waals surface area contributed by atoms with E-state index in [2.05, 4.69) is 15.3 Å². The van der Waals surface area contributed by atoms with Gasteiger partial charge in [0.15, 0.2) is 0 Å². The Morgan fingerprint density at radius 3 is 2.75 bits per heavy atom. The maximum atomic E-state index is 12.9. The molecule has 1 aromatic carbocycles. The number of rotatable bonds is 7. The summed E-state index contributed by atoms with van der Waals surface area (Å²) in [5, 5.41) is 3.08. The summed E-state index contributed by atoms with van der Waals surface area (Å²) in [6.07, 6.45) is 3.68. The molecule has 1 amide bonds. The van der Waals surface area contributed by atoms with E-state index < -0.39 is 23.2 Å². The standard InChI is InChI=1S/C19H20N4O4S/c1-27-16-8-7-12(11-20-16)21-17(24)15(9-10-28-2)23-18(25)13-5-3-4-6-14(13)22-19(23)26/h3-8,11,15H,9-10H2,1-2H3,(H,21,24)(H,22,26). The molecule has 0 fully saturated rings. The Morgan fingerprint density at radius 1 is 1.29 bits per heavy atom. The number of amides is 1. The van der Waals surface area contributed by atoms with E-state index >= 15 is 0 Å². The third-order valence-electron chi connectivity index (χ3n) is 4.26. The van der Waals surface area contributed by atoms with Crippen molar-refractivity contribution in [3.63, 3.8) is 0 Å². The number of hydrogen-bond donors (Lipinski definition) is 2. The summed E-state index contributed by atoms with van der Waals surface area (Å²) in [5.74, 6) is 0.570. The molecule has 0 saturated heterocycles. The average molecular weight is 400 g/mol. The largest absolute Gasteiger partial charge is 0.481 e. The first kappa shape index (κ1) is 19.7. The Hall–Kier alpha value is -3.07. The van der Waals surface area contributed by atoms with Gasteiger partial charge < -0.3 is 15.0 Å². The van der Waals surface area contributed by atoms with Crippen LogP contribution in [0.4, 0.5) is 5.69 Å². The van der Waals surface area contributed by atoms with Gasteiger partial charge in [-0.3, -0.25) is 9.59 Å². The Kier molecular flexibility index (Phi) is 6.15. The monoisotopic (exact) mass is 400 g/mol. The maximum Gasteiger partial charge on any atom is 0.329 e. The van der Waals surface area contributed by atoms with Crippen LogP contribution < -0.4 is 21.3 Å². The van der Waals surface area contributed by atoms with Crippen molar-refractivity contribution in [2.24, 2.45) is 0 Å². The molecular formula is C19H20N4O4S. The van der Waals surface area contributed by atoms with E-state index in [1.165, 1.54) is 25.1 Å². The van der Waals surface area contributed by atoms with Gasteiger partial charge in [-0.15, -0.1) is 0 Å². The second-order valence-electron chi connectivity index (χ2n) is 6.03. The van der Waals surface area contributed by atoms with Crippen molar-refractivity contribution in [1.29, 1.82) is 0 Å². The first-order valence-electron chi connectivity index (χ1n) is 8.58. The van der Waals surface area contributed by atoms with Gasteiger partial charge in [0.2, 0.25) is 11.8 Å². The lowest BCUT2D eigenvalue weighted by atomic mass is 10.1. The fraction of sp³-hybridized carbons (Fsp3) is 0.263. The van der Waals surface area contributed by atoms with E-state index in [-0.39, 0.29) is 0 Å². The Morgan fingerprint density at radius 2 is 2.07 bits per heavy atom. The lowest BCUT2D eigenvalue weighted by molar-refractivity contribution is -0.119. The van der Waals surface area contributed by atoms with Crippen LogP contribution in [-0.4, -0.2) is 39.6 Å². The van der Waals surface area contributed by atoms with Crippen LogP contribution in [0.3, 0.4) is 0 Å². The van der Waals surface area contributed by atoms with Crippen LogP contribution >= 0.6 is 11.8 Å². The van der Waals surface area contributed by atoms with Gasteiger partial charge in [0.05, 0.1) is 29.9 Å². The van der Waals surface area contributed by atoms with Crippen LogP contribution in [0.1, 0.15) is 12.5 Å². The van der Waals surface area contributed by atoms with Crippen molar-refractivity contribution in [1.82, 2.24) is 14.5 Å². The molecule has 8 nitrogen and oxygen atoms in total. The minimum Gasteiger partial charge on any atom is -0.481 e. The highest BCUT2D eigenvalue weighted by Gasteiger charge is 2.24. The molecule has 0 bridgehead atoms. The number of ether oxygens (including phenoxy) is 1. The number of nitrogens with zero attached hydrogens (tertiary/aromatic N) is 2. The number of carbonyl (C=O) groups is 1. The molecule has 3 rings (SSSR count). The van der Waals surface area contributed by atoms with E-state index in [1.54, 1.807) is 36.4 Å². The van der Waals surface area contributed by atoms with Crippen molar-refractivity contribution in [2.75, 3.05) is 24.4 Å². The number of para-hydroxylation sites is 1. The quantitative estimate of drug-likeness (QED) is 0.629. The zero-order chi connectivity index (χ0) is 20.1. The summed E-state index contributed by atoms with van der Waals surface area (Å²) in [6, 6.07) is 9.03. The number of aromatic nitrogens is 3. The number of nitrogens with one attached hydrogen (secondary N) is 2. The molecule has 2 aromatic heterocycles. The minimum absolute atomic E-state index is 0.331. The fourth-order valence-electron chi connectivity index (χ4n) is 2.87. The summed E-state index contributed by atoms with van der Waals surface area (Å²) < 4.78 is 5.99. The van der Waals surface area contributed by atoms with Crippen molar-refractivity contribution < 1.29 is 9.53 Å². The number of pyridine rings is 1. The molecule has 28 heavy (non-hydrogen) atoms. The summed E-state index contributed by atoms with van der Waals surface area (Å²) >= 11 is 1.53. The highest BCUT2D eigenvalue weighted by atomic mass is 32.2. The third kappa shape index (κ3) is 4.09. The molecule has 0 saturated carbocycles. The van der Waals surface area contributed by atoms with E-state index in [0.29, 0.717) is 34.6 Å². The van der Waals surface area contributed by atoms with Crippen molar-refractivity contribution in [2.45, 2.75) is 12.5 Å². The van der Waals surface area contributed by atoms with Crippen LogP contribution in [0.25, 0.3) is 10.9 Å². The second-order valence-corrected chi connectivity index (χ2v) is 7.01. The lowest BCUT2D eigenvalue weighted by Gasteiger charge is -2.18. The van der Waals surface area contributed by atoms with Crippen LogP contribution in [0.15, 0.2) is 52.2 Å². The van der Waals surface area contributed by atoms with Gasteiger partial charge in [-0.2, -0.15) is 11.8 Å². The molecule has 0 aliphatic rings. The summed E-state index contributed by atoms with van der Waals surface area (Å²) in [5.41, 5.74) is -0.214. The molecule has 2 N–H and O–H groups in total. The number of benzene rings is 1. The molecule has 2 heterocycles. The number of hydrogen-bond acceptors (Lipinski definition) is 6. The molecule has 0 aliphatic carbocycles. The molecule has 146 valence electrons. The molecule has 0 spiro atoms. The van der Waals surface area contributed by atoms with Gasteiger partial charge in [-0.25, -0.2) is 14.3 Å². The first-order valence-corrected chi connectivity index (χ1v) is 9.98. The van der Waals surface area contributed by atoms with Gasteiger partial charge in [-0.1, -0.05) is 12.1 Å². The molecule has 0 aliphatic heterocycles. The SMILES string of the molecule is COc1ccc(NC(=O)C(CCSC)n2c(=O)[nH]c3ccccc3c2=O)cn1. The number of methoxy groups -OCH3 is 1. The maximum absolute atomic E-state index is 12.9. The smallest absolute Gasteiger partial charge is 0.329 e. The van der Waals surface area contributed by atoms with Crippen LogP contribution in [0.2, 0.25) is 0 Å². The van der Waals surface area contributed by atoms with Crippen molar-refractivity contribution in [3.05, 3.63) is 63.4 Å². The number of aromatic amines is 1. The number of anilines is 1. The molecule has 1 atom stereocenters. The number of H-pyrrole nitrogens is 1. The van der Waals surface area contributed by atoms with Gasteiger partial charge in [-0.05, 0) is 36.6 Å². The van der Waals surface area contributed by atoms with E-state index in [1.807, 2.05) is 6.26 Å². The van der Waals surface area contributed by atoms with E-state index in [4.69, 9.17) is 4.74 Å². The van der Waals surface area contributed by atoms with Crippen LogP contribution in [-0.2, 0) is 4.79 Å². The second kappa shape index (κ2) is 8.75. The summed E-state index contributed by atoms with van der Waals surface area (Å²) in [6.45, 7) is 0. The fourth-order valence-corrected chi connectivity index (χ4v) is 3.33. The summed E-state index contributed by atoms with van der Waals surface area (Å²) in [4.78, 5) is 45.2. The number of thioether (sulfide) groups is 1. The Bertz CT molecular complexity index is 1090. The number of fused-ring (bicyclic) bond motifs is 1. The van der Waals surface area contributed by atoms with Crippen LogP contribution in [0.5, 0.6) is 5.88 Å². The lowest BCUT2D eigenvalue weighted by Crippen LogP contribution is -2.43. The molecule has 1 unspecified atom stereocenters. The third-order valence-corrected chi connectivity index (χ3v) is 4.90. The van der Waals surface area contributed by atoms with E-state index in [9.17, 15) is 14.4 Å². The molecule has 9 heteroatoms. The normalized spacial score (nSPS) is 11.9. The Labute approximate surface area is 164 Å². The van der Waals surface area contributed by atoms with Gasteiger partial charge in [0, 0.05) is 6.07 Å². The highest BCUT2D eigenvalue weighted by Crippen LogP contribution is 2.17. The van der Waals surface area contributed by atoms with Gasteiger partial charge >= 0.3 is 5.69 Å². The average Bonchev–Trinajstić information content (AvgIpc) is 2.70. The van der Waals surface area contributed by atoms with Crippen molar-refractivity contribution in [3.8, 4) is 5.88 Å². The minimum atomic E-state index is -0.949. The van der Waals surface area contributed by atoms with Gasteiger partial charge in [0.25, 0.3) is 5.56 Å². The van der Waals surface area contributed by atoms with Crippen LogP contribution in [0, 0.1) is 0 Å². The van der Waals surface area contributed by atoms with Gasteiger partial charge in [0.1, 0.15) is 6.04 Å². The molecule has 3 aromatic rings. The number of carbonyl (C=O) groups excluding carboxylic acids is 1. The molecular weight excluding hydrogens is 380 g/mol.